The molecule has 2 N–H and O–H groups in total. The second-order valence-corrected chi connectivity index (χ2v) is 8.05. The number of nitrogens with zero attached hydrogens (tertiary/aromatic N) is 2. The van der Waals surface area contributed by atoms with Crippen LogP contribution in [0.1, 0.15) is 12.8 Å². The fourth-order valence-electron chi connectivity index (χ4n) is 2.46. The van der Waals surface area contributed by atoms with Gasteiger partial charge in [-0.25, -0.2) is 8.42 Å². The maximum atomic E-state index is 12.7. The third-order valence-electron chi connectivity index (χ3n) is 3.73. The van der Waals surface area contributed by atoms with Crippen molar-refractivity contribution in [2.75, 3.05) is 32.9 Å². The highest BCUT2D eigenvalue weighted by Gasteiger charge is 2.31. The number of hydrogen-bond acceptors (Lipinski definition) is 4. The lowest BCUT2D eigenvalue weighted by molar-refractivity contribution is 0.196. The molecule has 2 rings (SSSR count). The van der Waals surface area contributed by atoms with E-state index in [1.807, 2.05) is 14.1 Å². The molecule has 0 aromatic heterocycles. The molecule has 1 saturated heterocycles. The van der Waals surface area contributed by atoms with Crippen LogP contribution in [0.2, 0.25) is 0 Å². The van der Waals surface area contributed by atoms with E-state index in [0.29, 0.717) is 29.3 Å². The van der Waals surface area contributed by atoms with Crippen LogP contribution in [-0.2, 0) is 10.0 Å². The Labute approximate surface area is 128 Å². The van der Waals surface area contributed by atoms with E-state index in [0.717, 1.165) is 12.8 Å². The van der Waals surface area contributed by atoms with Crippen LogP contribution in [0.4, 0.5) is 5.69 Å². The van der Waals surface area contributed by atoms with Gasteiger partial charge in [0.25, 0.3) is 0 Å². The van der Waals surface area contributed by atoms with Crippen molar-refractivity contribution in [3.63, 3.8) is 0 Å². The van der Waals surface area contributed by atoms with Gasteiger partial charge in [0.05, 0.1) is 4.90 Å². The molecule has 0 spiro atoms. The molecule has 0 saturated carbocycles. The number of rotatable bonds is 3. The molecular formula is C13H20BrN3O2S. The van der Waals surface area contributed by atoms with Gasteiger partial charge in [-0.1, -0.05) is 0 Å². The minimum atomic E-state index is -3.48. The monoisotopic (exact) mass is 361 g/mol. The van der Waals surface area contributed by atoms with E-state index in [9.17, 15) is 8.42 Å². The van der Waals surface area contributed by atoms with Crippen molar-refractivity contribution < 1.29 is 8.42 Å². The van der Waals surface area contributed by atoms with Crippen molar-refractivity contribution >= 4 is 31.6 Å². The van der Waals surface area contributed by atoms with E-state index >= 15 is 0 Å². The Kier molecular flexibility index (Phi) is 4.73. The molecule has 0 radical (unpaired) electrons. The van der Waals surface area contributed by atoms with Gasteiger partial charge >= 0.3 is 0 Å². The molecule has 0 aliphatic carbocycles. The number of nitrogen functional groups attached to an aromatic ring is 1. The number of anilines is 1. The minimum Gasteiger partial charge on any atom is -0.399 e. The molecule has 1 aromatic carbocycles. The Balaban J connectivity index is 2.22. The molecular weight excluding hydrogens is 342 g/mol. The summed E-state index contributed by atoms with van der Waals surface area (Å²) in [6.45, 7) is 1.10. The summed E-state index contributed by atoms with van der Waals surface area (Å²) in [5.74, 6) is 0. The van der Waals surface area contributed by atoms with E-state index in [4.69, 9.17) is 5.73 Å². The fourth-order valence-corrected chi connectivity index (χ4v) is 4.89. The molecule has 1 heterocycles. The lowest BCUT2D eigenvalue weighted by Crippen LogP contribution is -2.44. The summed E-state index contributed by atoms with van der Waals surface area (Å²) in [5, 5.41) is 0. The summed E-state index contributed by atoms with van der Waals surface area (Å²) >= 11 is 3.30. The second kappa shape index (κ2) is 6.01. The summed E-state index contributed by atoms with van der Waals surface area (Å²) < 4.78 is 27.4. The van der Waals surface area contributed by atoms with Crippen LogP contribution >= 0.6 is 15.9 Å². The molecule has 1 fully saturated rings. The summed E-state index contributed by atoms with van der Waals surface area (Å²) in [6, 6.07) is 5.32. The lowest BCUT2D eigenvalue weighted by Gasteiger charge is -2.34. The van der Waals surface area contributed by atoms with Crippen molar-refractivity contribution in [2.45, 2.75) is 23.8 Å². The third-order valence-corrected chi connectivity index (χ3v) is 6.62. The highest BCUT2D eigenvalue weighted by molar-refractivity contribution is 9.10. The predicted octanol–water partition coefficient (Wildman–Crippen LogP) is 1.75. The van der Waals surface area contributed by atoms with E-state index in [-0.39, 0.29) is 4.90 Å². The highest BCUT2D eigenvalue weighted by Crippen LogP contribution is 2.29. The number of piperidine rings is 1. The molecule has 20 heavy (non-hydrogen) atoms. The first-order valence-corrected chi connectivity index (χ1v) is 8.77. The molecule has 1 aliphatic heterocycles. The topological polar surface area (TPSA) is 66.6 Å². The molecule has 7 heteroatoms. The Morgan fingerprint density at radius 2 is 1.90 bits per heavy atom. The summed E-state index contributed by atoms with van der Waals surface area (Å²) in [7, 11) is 0.586. The van der Waals surface area contributed by atoms with Crippen molar-refractivity contribution in [1.29, 1.82) is 0 Å². The van der Waals surface area contributed by atoms with Crippen LogP contribution in [0.5, 0.6) is 0 Å². The maximum Gasteiger partial charge on any atom is 0.244 e. The molecule has 1 aromatic rings. The zero-order valence-corrected chi connectivity index (χ0v) is 14.1. The minimum absolute atomic E-state index is 0.251. The van der Waals surface area contributed by atoms with Crippen molar-refractivity contribution in [2.24, 2.45) is 0 Å². The Morgan fingerprint density at radius 1 is 1.30 bits per heavy atom. The first-order chi connectivity index (χ1) is 9.32. The van der Waals surface area contributed by atoms with E-state index in [2.05, 4.69) is 20.8 Å². The molecule has 0 unspecified atom stereocenters. The molecule has 1 aliphatic rings. The highest BCUT2D eigenvalue weighted by atomic mass is 79.9. The zero-order valence-electron chi connectivity index (χ0n) is 11.7. The van der Waals surface area contributed by atoms with Gasteiger partial charge in [0.1, 0.15) is 0 Å². The standard InChI is InChI=1S/C13H20BrN3O2S/c1-16(2)11-5-7-17(8-6-11)20(18,19)13-9-10(15)3-4-12(13)14/h3-4,9,11H,5-8,15H2,1-2H3. The fraction of sp³-hybridized carbons (Fsp3) is 0.538. The van der Waals surface area contributed by atoms with Crippen molar-refractivity contribution in [3.05, 3.63) is 22.7 Å². The summed E-state index contributed by atoms with van der Waals surface area (Å²) in [6.07, 6.45) is 1.71. The van der Waals surface area contributed by atoms with E-state index < -0.39 is 10.0 Å². The van der Waals surface area contributed by atoms with Gasteiger partial charge in [0.15, 0.2) is 0 Å². The number of sulfonamides is 1. The molecule has 0 atom stereocenters. The van der Waals surface area contributed by atoms with Gasteiger partial charge in [-0.15, -0.1) is 0 Å². The van der Waals surface area contributed by atoms with Crippen molar-refractivity contribution in [3.8, 4) is 0 Å². The predicted molar refractivity (Wildman–Crippen MR) is 84.0 cm³/mol. The van der Waals surface area contributed by atoms with Crippen LogP contribution in [0.25, 0.3) is 0 Å². The molecule has 112 valence electrons. The van der Waals surface area contributed by atoms with Gasteiger partial charge in [0.2, 0.25) is 10.0 Å². The van der Waals surface area contributed by atoms with Gasteiger partial charge < -0.3 is 10.6 Å². The van der Waals surface area contributed by atoms with Gasteiger partial charge in [-0.3, -0.25) is 0 Å². The Hall–Kier alpha value is -0.630. The number of hydrogen-bond donors (Lipinski definition) is 1. The average Bonchev–Trinajstić information content (AvgIpc) is 2.41. The Morgan fingerprint density at radius 3 is 2.45 bits per heavy atom. The molecule has 0 amide bonds. The number of benzene rings is 1. The third kappa shape index (κ3) is 3.16. The van der Waals surface area contributed by atoms with Crippen LogP contribution < -0.4 is 5.73 Å². The first kappa shape index (κ1) is 15.8. The largest absolute Gasteiger partial charge is 0.399 e. The lowest BCUT2D eigenvalue weighted by atomic mass is 10.1. The smallest absolute Gasteiger partial charge is 0.244 e. The average molecular weight is 362 g/mol. The molecule has 0 bridgehead atoms. The van der Waals surface area contributed by atoms with Gasteiger partial charge in [-0.2, -0.15) is 4.31 Å². The van der Waals surface area contributed by atoms with E-state index in [1.54, 1.807) is 16.4 Å². The van der Waals surface area contributed by atoms with E-state index in [1.165, 1.54) is 6.07 Å². The SMILES string of the molecule is CN(C)C1CCN(S(=O)(=O)c2cc(N)ccc2Br)CC1. The van der Waals surface area contributed by atoms with Crippen molar-refractivity contribution in [1.82, 2.24) is 9.21 Å². The Bertz CT molecular complexity index is 581. The van der Waals surface area contributed by atoms with Gasteiger partial charge in [-0.05, 0) is 61.1 Å². The van der Waals surface area contributed by atoms with Gasteiger partial charge in [0, 0.05) is 29.3 Å². The second-order valence-electron chi connectivity index (χ2n) is 5.29. The quantitative estimate of drug-likeness (QED) is 0.832. The molecule has 5 nitrogen and oxygen atoms in total. The number of halogens is 1. The number of nitrogens with two attached hydrogens (primary N) is 1. The first-order valence-electron chi connectivity index (χ1n) is 6.54. The van der Waals surface area contributed by atoms with Crippen LogP contribution in [0, 0.1) is 0 Å². The maximum absolute atomic E-state index is 12.7. The normalized spacial score (nSPS) is 18.6. The van der Waals surface area contributed by atoms with Crippen LogP contribution in [0.3, 0.4) is 0 Å². The zero-order chi connectivity index (χ0) is 14.9. The van der Waals surface area contributed by atoms with Crippen LogP contribution in [0.15, 0.2) is 27.6 Å². The summed E-state index contributed by atoms with van der Waals surface area (Å²) in [4.78, 5) is 2.40. The van der Waals surface area contributed by atoms with Crippen LogP contribution in [-0.4, -0.2) is 50.8 Å². The summed E-state index contributed by atoms with van der Waals surface area (Å²) in [5.41, 5.74) is 6.16.